The van der Waals surface area contributed by atoms with Crippen LogP contribution in [-0.2, 0) is 0 Å². The summed E-state index contributed by atoms with van der Waals surface area (Å²) < 4.78 is 11.1. The predicted molar refractivity (Wildman–Crippen MR) is 121 cm³/mol. The minimum atomic E-state index is -0.337. The van der Waals surface area contributed by atoms with E-state index in [1.807, 2.05) is 61.5 Å². The second-order valence-corrected chi connectivity index (χ2v) is 7.04. The van der Waals surface area contributed by atoms with Gasteiger partial charge in [0.2, 0.25) is 5.89 Å². The number of nitrogens with one attached hydrogen (secondary N) is 2. The number of rotatable bonds is 4. The SMILES string of the molecule is COc1c(C)cccc1C(=O)NC(=S)Nc1ccc(-c2nc3ccccc3o2)cc1. The highest BCUT2D eigenvalue weighted by Crippen LogP contribution is 2.25. The Morgan fingerprint density at radius 3 is 2.53 bits per heavy atom. The van der Waals surface area contributed by atoms with E-state index in [9.17, 15) is 4.79 Å². The standard InChI is InChI=1S/C23H19N3O3S/c1-14-6-5-7-17(20(14)28-2)21(27)26-23(30)24-16-12-10-15(11-13-16)22-25-18-8-3-4-9-19(18)29-22/h3-13H,1-2H3,(H2,24,26,27,30). The molecule has 1 aromatic heterocycles. The number of ether oxygens (including phenoxy) is 1. The molecule has 0 bridgehead atoms. The molecular weight excluding hydrogens is 398 g/mol. The third kappa shape index (κ3) is 4.01. The Bertz CT molecular complexity index is 1200. The van der Waals surface area contributed by atoms with Crippen molar-refractivity contribution in [1.82, 2.24) is 10.3 Å². The summed E-state index contributed by atoms with van der Waals surface area (Å²) in [4.78, 5) is 17.1. The molecule has 1 heterocycles. The van der Waals surface area contributed by atoms with Crippen molar-refractivity contribution in [2.75, 3.05) is 12.4 Å². The normalized spacial score (nSPS) is 10.6. The number of anilines is 1. The molecule has 0 radical (unpaired) electrons. The predicted octanol–water partition coefficient (Wildman–Crippen LogP) is 4.94. The Balaban J connectivity index is 1.44. The number of amides is 1. The average molecular weight is 417 g/mol. The average Bonchev–Trinajstić information content (AvgIpc) is 3.18. The quantitative estimate of drug-likeness (QED) is 0.458. The first kappa shape index (κ1) is 19.6. The van der Waals surface area contributed by atoms with Crippen LogP contribution < -0.4 is 15.4 Å². The van der Waals surface area contributed by atoms with Gasteiger partial charge in [-0.2, -0.15) is 0 Å². The van der Waals surface area contributed by atoms with E-state index in [-0.39, 0.29) is 11.0 Å². The number of nitrogens with zero attached hydrogens (tertiary/aromatic N) is 1. The topological polar surface area (TPSA) is 76.4 Å². The first-order valence-corrected chi connectivity index (χ1v) is 9.68. The minimum absolute atomic E-state index is 0.193. The lowest BCUT2D eigenvalue weighted by atomic mass is 10.1. The largest absolute Gasteiger partial charge is 0.496 e. The van der Waals surface area contributed by atoms with Crippen molar-refractivity contribution in [3.05, 3.63) is 77.9 Å². The maximum absolute atomic E-state index is 12.6. The van der Waals surface area contributed by atoms with E-state index in [2.05, 4.69) is 15.6 Å². The second kappa shape index (κ2) is 8.34. The van der Waals surface area contributed by atoms with Crippen LogP contribution >= 0.6 is 12.2 Å². The molecule has 1 amide bonds. The van der Waals surface area contributed by atoms with Crippen LogP contribution in [0.3, 0.4) is 0 Å². The van der Waals surface area contributed by atoms with E-state index in [0.29, 0.717) is 17.2 Å². The molecule has 0 aliphatic carbocycles. The Morgan fingerprint density at radius 1 is 1.03 bits per heavy atom. The van der Waals surface area contributed by atoms with Crippen molar-refractivity contribution >= 4 is 40.0 Å². The number of carbonyl (C=O) groups excluding carboxylic acids is 1. The Kier molecular flexibility index (Phi) is 5.45. The highest BCUT2D eigenvalue weighted by molar-refractivity contribution is 7.80. The molecule has 0 atom stereocenters. The van der Waals surface area contributed by atoms with Crippen LogP contribution in [0.1, 0.15) is 15.9 Å². The van der Waals surface area contributed by atoms with Gasteiger partial charge in [-0.05, 0) is 67.2 Å². The molecule has 6 nitrogen and oxygen atoms in total. The van der Waals surface area contributed by atoms with Gasteiger partial charge in [0.25, 0.3) is 5.91 Å². The first-order chi connectivity index (χ1) is 14.5. The molecule has 7 heteroatoms. The zero-order valence-electron chi connectivity index (χ0n) is 16.4. The number of hydrogen-bond donors (Lipinski definition) is 2. The molecular formula is C23H19N3O3S. The molecule has 0 aliphatic heterocycles. The number of methoxy groups -OCH3 is 1. The lowest BCUT2D eigenvalue weighted by Crippen LogP contribution is -2.34. The lowest BCUT2D eigenvalue weighted by molar-refractivity contribution is 0.0974. The molecule has 150 valence electrons. The Labute approximate surface area is 178 Å². The van der Waals surface area contributed by atoms with Crippen LogP contribution in [0.25, 0.3) is 22.6 Å². The van der Waals surface area contributed by atoms with Gasteiger partial charge in [-0.15, -0.1) is 0 Å². The van der Waals surface area contributed by atoms with Gasteiger partial charge in [-0.25, -0.2) is 4.98 Å². The van der Waals surface area contributed by atoms with Crippen LogP contribution in [0.4, 0.5) is 5.69 Å². The third-order valence-corrected chi connectivity index (χ3v) is 4.78. The van der Waals surface area contributed by atoms with Crippen molar-refractivity contribution in [3.8, 4) is 17.2 Å². The maximum atomic E-state index is 12.6. The van der Waals surface area contributed by atoms with Gasteiger partial charge in [0.15, 0.2) is 10.7 Å². The van der Waals surface area contributed by atoms with Crippen LogP contribution in [-0.4, -0.2) is 23.1 Å². The van der Waals surface area contributed by atoms with Gasteiger partial charge in [0.05, 0.1) is 12.7 Å². The maximum Gasteiger partial charge on any atom is 0.261 e. The molecule has 0 spiro atoms. The van der Waals surface area contributed by atoms with Crippen molar-refractivity contribution in [2.45, 2.75) is 6.92 Å². The van der Waals surface area contributed by atoms with Gasteiger partial charge in [-0.3, -0.25) is 10.1 Å². The monoisotopic (exact) mass is 417 g/mol. The van der Waals surface area contributed by atoms with E-state index in [1.54, 1.807) is 12.1 Å². The fraction of sp³-hybridized carbons (Fsp3) is 0.0870. The van der Waals surface area contributed by atoms with Crippen LogP contribution in [0, 0.1) is 6.92 Å². The van der Waals surface area contributed by atoms with Crippen LogP contribution in [0.5, 0.6) is 5.75 Å². The molecule has 4 aromatic rings. The second-order valence-electron chi connectivity index (χ2n) is 6.63. The summed E-state index contributed by atoms with van der Waals surface area (Å²) in [6.07, 6.45) is 0. The zero-order valence-corrected chi connectivity index (χ0v) is 17.2. The summed E-state index contributed by atoms with van der Waals surface area (Å²) in [5.74, 6) is 0.738. The highest BCUT2D eigenvalue weighted by Gasteiger charge is 2.15. The summed E-state index contributed by atoms with van der Waals surface area (Å²) in [6.45, 7) is 1.88. The van der Waals surface area contributed by atoms with E-state index in [1.165, 1.54) is 7.11 Å². The zero-order chi connectivity index (χ0) is 21.1. The number of para-hydroxylation sites is 3. The number of carbonyl (C=O) groups is 1. The molecule has 0 unspecified atom stereocenters. The van der Waals surface area contributed by atoms with Gasteiger partial charge >= 0.3 is 0 Å². The number of aryl methyl sites for hydroxylation is 1. The molecule has 0 saturated carbocycles. The van der Waals surface area contributed by atoms with Gasteiger partial charge < -0.3 is 14.5 Å². The fourth-order valence-corrected chi connectivity index (χ4v) is 3.34. The third-order valence-electron chi connectivity index (χ3n) is 4.57. The summed E-state index contributed by atoms with van der Waals surface area (Å²) in [7, 11) is 1.54. The Morgan fingerprint density at radius 2 is 1.80 bits per heavy atom. The number of benzene rings is 3. The molecule has 4 rings (SSSR count). The van der Waals surface area contributed by atoms with Gasteiger partial charge in [-0.1, -0.05) is 24.3 Å². The Hall–Kier alpha value is -3.71. The van der Waals surface area contributed by atoms with E-state index in [0.717, 1.165) is 27.9 Å². The number of fused-ring (bicyclic) bond motifs is 1. The van der Waals surface area contributed by atoms with Crippen molar-refractivity contribution < 1.29 is 13.9 Å². The van der Waals surface area contributed by atoms with Gasteiger partial charge in [0.1, 0.15) is 11.3 Å². The summed E-state index contributed by atoms with van der Waals surface area (Å²) in [5.41, 5.74) is 4.43. The van der Waals surface area contributed by atoms with Crippen LogP contribution in [0.15, 0.2) is 71.1 Å². The molecule has 30 heavy (non-hydrogen) atoms. The number of aromatic nitrogens is 1. The summed E-state index contributed by atoms with van der Waals surface area (Å²) >= 11 is 5.28. The van der Waals surface area contributed by atoms with Crippen LogP contribution in [0.2, 0.25) is 0 Å². The lowest BCUT2D eigenvalue weighted by Gasteiger charge is -2.13. The number of oxazole rings is 1. The van der Waals surface area contributed by atoms with Crippen molar-refractivity contribution in [3.63, 3.8) is 0 Å². The summed E-state index contributed by atoms with van der Waals surface area (Å²) in [5, 5.41) is 5.88. The van der Waals surface area contributed by atoms with E-state index < -0.39 is 0 Å². The smallest absolute Gasteiger partial charge is 0.261 e. The fourth-order valence-electron chi connectivity index (χ4n) is 3.13. The molecule has 3 aromatic carbocycles. The molecule has 0 aliphatic rings. The van der Waals surface area contributed by atoms with E-state index >= 15 is 0 Å². The highest BCUT2D eigenvalue weighted by atomic mass is 32.1. The minimum Gasteiger partial charge on any atom is -0.496 e. The molecule has 2 N–H and O–H groups in total. The van der Waals surface area contributed by atoms with Gasteiger partial charge in [0, 0.05) is 11.3 Å². The first-order valence-electron chi connectivity index (χ1n) is 9.27. The summed E-state index contributed by atoms with van der Waals surface area (Å²) in [6, 6.07) is 20.4. The van der Waals surface area contributed by atoms with Crippen molar-refractivity contribution in [1.29, 1.82) is 0 Å². The molecule has 0 fully saturated rings. The van der Waals surface area contributed by atoms with E-state index in [4.69, 9.17) is 21.4 Å². The molecule has 0 saturated heterocycles. The van der Waals surface area contributed by atoms with Crippen molar-refractivity contribution in [2.24, 2.45) is 0 Å². The number of thiocarbonyl (C=S) groups is 1. The number of hydrogen-bond acceptors (Lipinski definition) is 5.